The van der Waals surface area contributed by atoms with Crippen LogP contribution in [0.5, 0.6) is 0 Å². The van der Waals surface area contributed by atoms with Gasteiger partial charge in [0.05, 0.1) is 23.1 Å². The van der Waals surface area contributed by atoms with Gasteiger partial charge in [-0.25, -0.2) is 9.50 Å². The molecular formula is C21H21ClN6O3. The number of nitrogen functional groups attached to an aromatic ring is 1. The highest BCUT2D eigenvalue weighted by atomic mass is 35.5. The van der Waals surface area contributed by atoms with Gasteiger partial charge in [-0.3, -0.25) is 9.59 Å². The number of fused-ring (bicyclic) bond motifs is 2. The number of anilines is 1. The first-order valence-electron chi connectivity index (χ1n) is 9.63. The van der Waals surface area contributed by atoms with Crippen molar-refractivity contribution >= 4 is 39.7 Å². The van der Waals surface area contributed by atoms with Crippen LogP contribution in [0, 0.1) is 0 Å². The van der Waals surface area contributed by atoms with E-state index in [0.717, 1.165) is 0 Å². The summed E-state index contributed by atoms with van der Waals surface area (Å²) < 4.78 is 8.18. The molecular weight excluding hydrogens is 420 g/mol. The number of amides is 1. The van der Waals surface area contributed by atoms with Crippen LogP contribution in [0.25, 0.3) is 16.4 Å². The molecule has 3 aromatic heterocycles. The van der Waals surface area contributed by atoms with Gasteiger partial charge in [0.25, 0.3) is 11.5 Å². The quantitative estimate of drug-likeness (QED) is 0.475. The smallest absolute Gasteiger partial charge is 0.260 e. The normalized spacial score (nSPS) is 12.4. The number of hydrogen-bond donors (Lipinski definition) is 2. The zero-order valence-electron chi connectivity index (χ0n) is 17.0. The van der Waals surface area contributed by atoms with E-state index in [-0.39, 0.29) is 16.9 Å². The number of nitrogens with zero attached hydrogens (tertiary/aromatic N) is 4. The number of halogens is 1. The number of benzene rings is 1. The Balaban J connectivity index is 1.76. The van der Waals surface area contributed by atoms with E-state index >= 15 is 0 Å². The van der Waals surface area contributed by atoms with E-state index in [1.165, 1.54) is 4.52 Å². The summed E-state index contributed by atoms with van der Waals surface area (Å²) >= 11 is 6.28. The van der Waals surface area contributed by atoms with Crippen LogP contribution in [-0.2, 0) is 11.3 Å². The number of nitrogens with one attached hydrogen (secondary N) is 1. The Morgan fingerprint density at radius 2 is 2.16 bits per heavy atom. The van der Waals surface area contributed by atoms with Gasteiger partial charge < -0.3 is 20.4 Å². The van der Waals surface area contributed by atoms with E-state index in [1.54, 1.807) is 49.2 Å². The number of aromatic nitrogens is 4. The van der Waals surface area contributed by atoms with E-state index in [2.05, 4.69) is 15.4 Å². The summed E-state index contributed by atoms with van der Waals surface area (Å²) in [5.41, 5.74) is 6.87. The lowest BCUT2D eigenvalue weighted by Crippen LogP contribution is -2.33. The molecule has 0 radical (unpaired) electrons. The van der Waals surface area contributed by atoms with Gasteiger partial charge in [-0.2, -0.15) is 0 Å². The lowest BCUT2D eigenvalue weighted by Gasteiger charge is -2.21. The minimum atomic E-state index is -0.515. The standard InChI is InChI=1S/C21H21ClN6O3/c1-12(25-20(29)17-18(23)26-28-8-4-7-24-19(17)28)15-11-13-5-3-6-14(22)16(13)21(30)27(15)9-10-31-2/h3-8,11-12H,9-10H2,1-2H3,(H2,23,26)(H,25,29). The van der Waals surface area contributed by atoms with Gasteiger partial charge in [0.15, 0.2) is 11.5 Å². The Kier molecular flexibility index (Phi) is 5.62. The molecule has 160 valence electrons. The number of carbonyl (C=O) groups is 1. The Labute approximate surface area is 182 Å². The third-order valence-electron chi connectivity index (χ3n) is 5.08. The van der Waals surface area contributed by atoms with Gasteiger partial charge in [-0.1, -0.05) is 23.7 Å². The van der Waals surface area contributed by atoms with Gasteiger partial charge >= 0.3 is 0 Å². The second-order valence-electron chi connectivity index (χ2n) is 7.07. The average Bonchev–Trinajstić information content (AvgIpc) is 3.08. The summed E-state index contributed by atoms with van der Waals surface area (Å²) in [6.07, 6.45) is 3.22. The van der Waals surface area contributed by atoms with Gasteiger partial charge in [0, 0.05) is 31.7 Å². The van der Waals surface area contributed by atoms with Crippen molar-refractivity contribution in [2.24, 2.45) is 0 Å². The van der Waals surface area contributed by atoms with Gasteiger partial charge in [0.1, 0.15) is 5.56 Å². The molecule has 1 unspecified atom stereocenters. The lowest BCUT2D eigenvalue weighted by atomic mass is 10.1. The Morgan fingerprint density at radius 3 is 2.94 bits per heavy atom. The van der Waals surface area contributed by atoms with E-state index in [0.29, 0.717) is 40.3 Å². The van der Waals surface area contributed by atoms with Crippen molar-refractivity contribution in [2.75, 3.05) is 19.5 Å². The molecule has 0 aliphatic rings. The van der Waals surface area contributed by atoms with Crippen LogP contribution in [0.15, 0.2) is 47.5 Å². The highest BCUT2D eigenvalue weighted by molar-refractivity contribution is 6.35. The van der Waals surface area contributed by atoms with Crippen molar-refractivity contribution in [1.29, 1.82) is 0 Å². The van der Waals surface area contributed by atoms with Crippen LogP contribution < -0.4 is 16.6 Å². The maximum absolute atomic E-state index is 13.2. The predicted molar refractivity (Wildman–Crippen MR) is 118 cm³/mol. The van der Waals surface area contributed by atoms with Crippen LogP contribution in [0.4, 0.5) is 5.82 Å². The Bertz CT molecular complexity index is 1350. The van der Waals surface area contributed by atoms with E-state index < -0.39 is 11.9 Å². The van der Waals surface area contributed by atoms with Crippen molar-refractivity contribution < 1.29 is 9.53 Å². The summed E-state index contributed by atoms with van der Waals surface area (Å²) in [5.74, 6) is -0.360. The number of pyridine rings is 1. The maximum Gasteiger partial charge on any atom is 0.260 e. The fourth-order valence-corrected chi connectivity index (χ4v) is 3.88. The van der Waals surface area contributed by atoms with Gasteiger partial charge in [-0.05, 0) is 30.5 Å². The predicted octanol–water partition coefficient (Wildman–Crippen LogP) is 2.42. The van der Waals surface area contributed by atoms with Crippen molar-refractivity contribution in [1.82, 2.24) is 24.5 Å². The molecule has 4 aromatic rings. The highest BCUT2D eigenvalue weighted by Crippen LogP contribution is 2.24. The first-order chi connectivity index (χ1) is 14.9. The lowest BCUT2D eigenvalue weighted by molar-refractivity contribution is 0.0940. The molecule has 0 saturated heterocycles. The summed E-state index contributed by atoms with van der Waals surface area (Å²) in [6, 6.07) is 8.30. The molecule has 0 bridgehead atoms. The number of ether oxygens (including phenoxy) is 1. The molecule has 10 heteroatoms. The minimum absolute atomic E-state index is 0.0745. The molecule has 0 saturated carbocycles. The Hall–Kier alpha value is -3.43. The largest absolute Gasteiger partial charge is 0.383 e. The summed E-state index contributed by atoms with van der Waals surface area (Å²) in [5, 5.41) is 8.53. The van der Waals surface area contributed by atoms with E-state index in [1.807, 2.05) is 12.1 Å². The molecule has 31 heavy (non-hydrogen) atoms. The van der Waals surface area contributed by atoms with Gasteiger partial charge in [0.2, 0.25) is 0 Å². The molecule has 0 aliphatic carbocycles. The topological polar surface area (TPSA) is 117 Å². The maximum atomic E-state index is 13.2. The zero-order chi connectivity index (χ0) is 22.1. The molecule has 4 rings (SSSR count). The molecule has 0 spiro atoms. The number of carbonyl (C=O) groups excluding carboxylic acids is 1. The summed E-state index contributed by atoms with van der Waals surface area (Å²) in [6.45, 7) is 2.43. The fourth-order valence-electron chi connectivity index (χ4n) is 3.61. The van der Waals surface area contributed by atoms with Crippen LogP contribution in [0.3, 0.4) is 0 Å². The third-order valence-corrected chi connectivity index (χ3v) is 5.39. The molecule has 0 aliphatic heterocycles. The number of methoxy groups -OCH3 is 1. The van der Waals surface area contributed by atoms with E-state index in [4.69, 9.17) is 22.1 Å². The second kappa shape index (κ2) is 8.37. The molecule has 1 aromatic carbocycles. The van der Waals surface area contributed by atoms with Crippen LogP contribution in [0.2, 0.25) is 5.02 Å². The van der Waals surface area contributed by atoms with Crippen molar-refractivity contribution in [2.45, 2.75) is 19.5 Å². The zero-order valence-corrected chi connectivity index (χ0v) is 17.8. The minimum Gasteiger partial charge on any atom is -0.383 e. The molecule has 9 nitrogen and oxygen atoms in total. The summed E-state index contributed by atoms with van der Waals surface area (Å²) in [4.78, 5) is 30.4. The first-order valence-corrected chi connectivity index (χ1v) is 10.0. The van der Waals surface area contributed by atoms with Crippen LogP contribution in [-0.4, -0.2) is 38.8 Å². The molecule has 0 fully saturated rings. The third kappa shape index (κ3) is 3.73. The van der Waals surface area contributed by atoms with Gasteiger partial charge in [-0.15, -0.1) is 5.10 Å². The van der Waals surface area contributed by atoms with Crippen molar-refractivity contribution in [3.8, 4) is 0 Å². The molecule has 3 heterocycles. The number of hydrogen-bond acceptors (Lipinski definition) is 6. The average molecular weight is 441 g/mol. The highest BCUT2D eigenvalue weighted by Gasteiger charge is 2.23. The van der Waals surface area contributed by atoms with Crippen molar-refractivity contribution in [3.05, 3.63) is 69.4 Å². The molecule has 1 amide bonds. The van der Waals surface area contributed by atoms with E-state index in [9.17, 15) is 9.59 Å². The van der Waals surface area contributed by atoms with Crippen LogP contribution in [0.1, 0.15) is 29.0 Å². The second-order valence-corrected chi connectivity index (χ2v) is 7.47. The number of nitrogens with two attached hydrogens (primary N) is 1. The molecule has 1 atom stereocenters. The molecule has 3 N–H and O–H groups in total. The summed E-state index contributed by atoms with van der Waals surface area (Å²) in [7, 11) is 1.56. The first kappa shape index (κ1) is 20.8. The van der Waals surface area contributed by atoms with Crippen LogP contribution >= 0.6 is 11.6 Å². The SMILES string of the molecule is COCCn1c(C(C)NC(=O)c2c(N)nn3cccnc23)cc2cccc(Cl)c2c1=O. The Morgan fingerprint density at radius 1 is 1.35 bits per heavy atom. The number of rotatable bonds is 6. The fraction of sp³-hybridized carbons (Fsp3) is 0.238. The monoisotopic (exact) mass is 440 g/mol. The van der Waals surface area contributed by atoms with Crippen molar-refractivity contribution in [3.63, 3.8) is 0 Å².